The Morgan fingerprint density at radius 3 is 2.39 bits per heavy atom. The molecule has 0 saturated carbocycles. The van der Waals surface area contributed by atoms with E-state index in [1.807, 2.05) is 0 Å². The SMILES string of the molecule is COCCNC(=O)CCNC(=O)C(N)CCOC. The predicted octanol–water partition coefficient (Wildman–Crippen LogP) is -1.38. The summed E-state index contributed by atoms with van der Waals surface area (Å²) in [6.07, 6.45) is 0.689. The lowest BCUT2D eigenvalue weighted by atomic mass is 10.2. The van der Waals surface area contributed by atoms with Gasteiger partial charge in [-0.1, -0.05) is 0 Å². The van der Waals surface area contributed by atoms with Crippen molar-refractivity contribution in [2.45, 2.75) is 18.9 Å². The van der Waals surface area contributed by atoms with E-state index in [0.29, 0.717) is 26.2 Å². The molecular weight excluding hydrogens is 238 g/mol. The highest BCUT2D eigenvalue weighted by molar-refractivity contribution is 5.82. The zero-order chi connectivity index (χ0) is 13.8. The monoisotopic (exact) mass is 261 g/mol. The second kappa shape index (κ2) is 10.9. The highest BCUT2D eigenvalue weighted by atomic mass is 16.5. The van der Waals surface area contributed by atoms with E-state index in [4.69, 9.17) is 15.2 Å². The molecule has 0 aromatic rings. The van der Waals surface area contributed by atoms with Crippen molar-refractivity contribution in [3.05, 3.63) is 0 Å². The number of carbonyl (C=O) groups is 2. The number of nitrogens with two attached hydrogens (primary N) is 1. The lowest BCUT2D eigenvalue weighted by Crippen LogP contribution is -2.42. The average molecular weight is 261 g/mol. The molecule has 1 atom stereocenters. The number of nitrogens with one attached hydrogen (secondary N) is 2. The second-order valence-corrected chi connectivity index (χ2v) is 3.77. The molecular formula is C11H23N3O4. The van der Waals surface area contributed by atoms with Crippen LogP contribution in [0.4, 0.5) is 0 Å². The molecule has 0 radical (unpaired) electrons. The third kappa shape index (κ3) is 8.91. The van der Waals surface area contributed by atoms with Gasteiger partial charge < -0.3 is 25.8 Å². The summed E-state index contributed by atoms with van der Waals surface area (Å²) in [5.41, 5.74) is 5.61. The Morgan fingerprint density at radius 1 is 1.11 bits per heavy atom. The standard InChI is InChI=1S/C11H23N3O4/c1-17-7-4-9(12)11(16)14-5-3-10(15)13-6-8-18-2/h9H,3-8,12H2,1-2H3,(H,13,15)(H,14,16). The maximum Gasteiger partial charge on any atom is 0.237 e. The Bertz CT molecular complexity index is 248. The first kappa shape index (κ1) is 16.8. The molecule has 106 valence electrons. The normalized spacial score (nSPS) is 11.9. The molecule has 0 aliphatic carbocycles. The fourth-order valence-corrected chi connectivity index (χ4v) is 1.19. The molecule has 0 heterocycles. The Morgan fingerprint density at radius 2 is 1.78 bits per heavy atom. The van der Waals surface area contributed by atoms with Crippen molar-refractivity contribution in [2.75, 3.05) is 40.5 Å². The van der Waals surface area contributed by atoms with Gasteiger partial charge in [-0.3, -0.25) is 9.59 Å². The molecule has 0 aromatic carbocycles. The van der Waals surface area contributed by atoms with Crippen molar-refractivity contribution < 1.29 is 19.1 Å². The van der Waals surface area contributed by atoms with Crippen molar-refractivity contribution >= 4 is 11.8 Å². The van der Waals surface area contributed by atoms with Crippen LogP contribution in [0.1, 0.15) is 12.8 Å². The molecule has 0 fully saturated rings. The Kier molecular flexibility index (Phi) is 10.2. The zero-order valence-electron chi connectivity index (χ0n) is 11.0. The minimum absolute atomic E-state index is 0.127. The predicted molar refractivity (Wildman–Crippen MR) is 67.0 cm³/mol. The maximum atomic E-state index is 11.4. The molecule has 1 unspecified atom stereocenters. The van der Waals surface area contributed by atoms with Crippen molar-refractivity contribution in [3.8, 4) is 0 Å². The molecule has 0 spiro atoms. The molecule has 0 rings (SSSR count). The van der Waals surface area contributed by atoms with E-state index in [-0.39, 0.29) is 24.8 Å². The van der Waals surface area contributed by atoms with E-state index in [9.17, 15) is 9.59 Å². The van der Waals surface area contributed by atoms with Crippen LogP contribution in [0.2, 0.25) is 0 Å². The topological polar surface area (TPSA) is 103 Å². The maximum absolute atomic E-state index is 11.4. The summed E-state index contributed by atoms with van der Waals surface area (Å²) in [7, 11) is 3.11. The van der Waals surface area contributed by atoms with Crippen LogP contribution in [0.5, 0.6) is 0 Å². The van der Waals surface area contributed by atoms with Crippen LogP contribution >= 0.6 is 0 Å². The second-order valence-electron chi connectivity index (χ2n) is 3.77. The molecule has 2 amide bonds. The third-order valence-corrected chi connectivity index (χ3v) is 2.25. The van der Waals surface area contributed by atoms with Gasteiger partial charge in [0.25, 0.3) is 0 Å². The third-order valence-electron chi connectivity index (χ3n) is 2.25. The van der Waals surface area contributed by atoms with Gasteiger partial charge in [0.05, 0.1) is 12.6 Å². The summed E-state index contributed by atoms with van der Waals surface area (Å²) >= 11 is 0. The molecule has 0 aliphatic rings. The summed E-state index contributed by atoms with van der Waals surface area (Å²) in [6.45, 7) is 1.65. The van der Waals surface area contributed by atoms with E-state index in [0.717, 1.165) is 0 Å². The fourth-order valence-electron chi connectivity index (χ4n) is 1.19. The summed E-state index contributed by atoms with van der Waals surface area (Å²) in [5.74, 6) is -0.394. The van der Waals surface area contributed by atoms with Gasteiger partial charge in [-0.15, -0.1) is 0 Å². The van der Waals surface area contributed by atoms with Gasteiger partial charge in [0.1, 0.15) is 0 Å². The highest BCUT2D eigenvalue weighted by Crippen LogP contribution is 1.89. The van der Waals surface area contributed by atoms with Gasteiger partial charge in [-0.25, -0.2) is 0 Å². The number of methoxy groups -OCH3 is 2. The number of ether oxygens (including phenoxy) is 2. The highest BCUT2D eigenvalue weighted by Gasteiger charge is 2.12. The molecule has 7 heteroatoms. The van der Waals surface area contributed by atoms with Gasteiger partial charge in [0.15, 0.2) is 0 Å². The van der Waals surface area contributed by atoms with Crippen LogP contribution in [-0.2, 0) is 19.1 Å². The van der Waals surface area contributed by atoms with E-state index >= 15 is 0 Å². The number of amides is 2. The van der Waals surface area contributed by atoms with Crippen LogP contribution in [0, 0.1) is 0 Å². The van der Waals surface area contributed by atoms with Crippen LogP contribution in [0.25, 0.3) is 0 Å². The Balaban J connectivity index is 3.57. The summed E-state index contributed by atoms with van der Waals surface area (Å²) in [5, 5.41) is 5.26. The first-order valence-corrected chi connectivity index (χ1v) is 5.89. The zero-order valence-corrected chi connectivity index (χ0v) is 11.0. The summed E-state index contributed by atoms with van der Waals surface area (Å²) in [6, 6.07) is -0.596. The molecule has 4 N–H and O–H groups in total. The Hall–Kier alpha value is -1.18. The average Bonchev–Trinajstić information content (AvgIpc) is 2.36. The van der Waals surface area contributed by atoms with Crippen LogP contribution in [0.3, 0.4) is 0 Å². The van der Waals surface area contributed by atoms with Crippen molar-refractivity contribution in [1.82, 2.24) is 10.6 Å². The van der Waals surface area contributed by atoms with Gasteiger partial charge >= 0.3 is 0 Å². The molecule has 0 aromatic heterocycles. The van der Waals surface area contributed by atoms with Crippen LogP contribution in [0.15, 0.2) is 0 Å². The van der Waals surface area contributed by atoms with Gasteiger partial charge in [0.2, 0.25) is 11.8 Å². The summed E-state index contributed by atoms with van der Waals surface area (Å²) in [4.78, 5) is 22.7. The number of hydrogen-bond acceptors (Lipinski definition) is 5. The first-order chi connectivity index (χ1) is 8.61. The molecule has 18 heavy (non-hydrogen) atoms. The van der Waals surface area contributed by atoms with E-state index in [1.54, 1.807) is 14.2 Å². The van der Waals surface area contributed by atoms with Gasteiger partial charge in [-0.2, -0.15) is 0 Å². The molecule has 7 nitrogen and oxygen atoms in total. The van der Waals surface area contributed by atoms with Crippen molar-refractivity contribution in [1.29, 1.82) is 0 Å². The molecule has 0 aliphatic heterocycles. The van der Waals surface area contributed by atoms with E-state index in [2.05, 4.69) is 10.6 Å². The lowest BCUT2D eigenvalue weighted by Gasteiger charge is -2.11. The van der Waals surface area contributed by atoms with Gasteiger partial charge in [0, 0.05) is 40.3 Å². The molecule has 0 bridgehead atoms. The van der Waals surface area contributed by atoms with Crippen LogP contribution < -0.4 is 16.4 Å². The van der Waals surface area contributed by atoms with Crippen molar-refractivity contribution in [3.63, 3.8) is 0 Å². The number of rotatable bonds is 10. The smallest absolute Gasteiger partial charge is 0.237 e. The largest absolute Gasteiger partial charge is 0.385 e. The lowest BCUT2D eigenvalue weighted by molar-refractivity contribution is -0.123. The van der Waals surface area contributed by atoms with Crippen LogP contribution in [-0.4, -0.2) is 58.4 Å². The first-order valence-electron chi connectivity index (χ1n) is 5.89. The quantitative estimate of drug-likeness (QED) is 0.421. The van der Waals surface area contributed by atoms with E-state index in [1.165, 1.54) is 0 Å². The molecule has 0 saturated heterocycles. The van der Waals surface area contributed by atoms with Crippen molar-refractivity contribution in [2.24, 2.45) is 5.73 Å². The Labute approximate surface area is 107 Å². The summed E-state index contributed by atoms with van der Waals surface area (Å²) < 4.78 is 9.62. The minimum atomic E-state index is -0.596. The number of hydrogen-bond donors (Lipinski definition) is 3. The fraction of sp³-hybridized carbons (Fsp3) is 0.818. The number of carbonyl (C=O) groups excluding carboxylic acids is 2. The van der Waals surface area contributed by atoms with Gasteiger partial charge in [-0.05, 0) is 6.42 Å². The minimum Gasteiger partial charge on any atom is -0.385 e. The van der Waals surface area contributed by atoms with E-state index < -0.39 is 6.04 Å².